The van der Waals surface area contributed by atoms with E-state index in [1.807, 2.05) is 0 Å². The summed E-state index contributed by atoms with van der Waals surface area (Å²) in [7, 11) is 2.25. The Labute approximate surface area is 115 Å². The maximum atomic E-state index is 5.76. The van der Waals surface area contributed by atoms with Crippen LogP contribution in [0.1, 0.15) is 24.3 Å². The summed E-state index contributed by atoms with van der Waals surface area (Å²) in [5.41, 5.74) is 1.39. The SMILES string of the molecule is CN(CC1CCCNC1)CC1COc2ccccc21. The first-order valence-electron chi connectivity index (χ1n) is 7.44. The number of fused-ring (bicyclic) bond motifs is 1. The van der Waals surface area contributed by atoms with Crippen molar-refractivity contribution in [2.24, 2.45) is 5.92 Å². The number of likely N-dealkylation sites (N-methyl/N-ethyl adjacent to an activating group) is 1. The molecule has 0 radical (unpaired) electrons. The molecule has 2 heterocycles. The molecule has 1 N–H and O–H groups in total. The van der Waals surface area contributed by atoms with E-state index in [1.54, 1.807) is 0 Å². The van der Waals surface area contributed by atoms with Gasteiger partial charge in [-0.05, 0) is 45.0 Å². The van der Waals surface area contributed by atoms with Crippen molar-refractivity contribution < 1.29 is 4.74 Å². The number of piperidine rings is 1. The molecule has 2 unspecified atom stereocenters. The second kappa shape index (κ2) is 5.93. The van der Waals surface area contributed by atoms with Crippen LogP contribution < -0.4 is 10.1 Å². The Morgan fingerprint density at radius 3 is 3.05 bits per heavy atom. The minimum Gasteiger partial charge on any atom is -0.493 e. The Morgan fingerprint density at radius 1 is 1.32 bits per heavy atom. The summed E-state index contributed by atoms with van der Waals surface area (Å²) in [6.45, 7) is 5.53. The summed E-state index contributed by atoms with van der Waals surface area (Å²) < 4.78 is 5.76. The van der Waals surface area contributed by atoms with Crippen molar-refractivity contribution in [3.8, 4) is 5.75 Å². The van der Waals surface area contributed by atoms with Crippen LogP contribution in [0.5, 0.6) is 5.75 Å². The molecule has 1 aromatic rings. The van der Waals surface area contributed by atoms with Gasteiger partial charge in [-0.15, -0.1) is 0 Å². The maximum absolute atomic E-state index is 5.76. The summed E-state index contributed by atoms with van der Waals surface area (Å²) in [6.07, 6.45) is 2.70. The van der Waals surface area contributed by atoms with E-state index in [9.17, 15) is 0 Å². The Kier molecular flexibility index (Phi) is 4.04. The number of hydrogen-bond acceptors (Lipinski definition) is 3. The number of para-hydroxylation sites is 1. The third kappa shape index (κ3) is 3.10. The Morgan fingerprint density at radius 2 is 2.21 bits per heavy atom. The van der Waals surface area contributed by atoms with Gasteiger partial charge >= 0.3 is 0 Å². The largest absolute Gasteiger partial charge is 0.493 e. The fraction of sp³-hybridized carbons (Fsp3) is 0.625. The van der Waals surface area contributed by atoms with E-state index in [-0.39, 0.29) is 0 Å². The fourth-order valence-corrected chi connectivity index (χ4v) is 3.35. The molecule has 19 heavy (non-hydrogen) atoms. The van der Waals surface area contributed by atoms with Gasteiger partial charge in [0, 0.05) is 24.6 Å². The molecular formula is C16H24N2O. The van der Waals surface area contributed by atoms with Crippen LogP contribution in [-0.4, -0.2) is 44.7 Å². The van der Waals surface area contributed by atoms with E-state index in [0.717, 1.165) is 24.8 Å². The quantitative estimate of drug-likeness (QED) is 0.897. The first-order chi connectivity index (χ1) is 9.33. The summed E-state index contributed by atoms with van der Waals surface area (Å²) in [5.74, 6) is 2.44. The highest BCUT2D eigenvalue weighted by Gasteiger charge is 2.25. The maximum Gasteiger partial charge on any atom is 0.122 e. The normalized spacial score (nSPS) is 26.2. The topological polar surface area (TPSA) is 24.5 Å². The predicted octanol–water partition coefficient (Wildman–Crippen LogP) is 2.09. The van der Waals surface area contributed by atoms with Crippen molar-refractivity contribution in [3.05, 3.63) is 29.8 Å². The number of benzene rings is 1. The predicted molar refractivity (Wildman–Crippen MR) is 77.8 cm³/mol. The molecule has 0 saturated carbocycles. The third-order valence-electron chi connectivity index (χ3n) is 4.30. The molecule has 3 nitrogen and oxygen atoms in total. The van der Waals surface area contributed by atoms with E-state index >= 15 is 0 Å². The van der Waals surface area contributed by atoms with Gasteiger partial charge < -0.3 is 15.0 Å². The second-order valence-corrected chi connectivity index (χ2v) is 5.98. The van der Waals surface area contributed by atoms with Crippen LogP contribution >= 0.6 is 0 Å². The van der Waals surface area contributed by atoms with Gasteiger partial charge in [0.1, 0.15) is 5.75 Å². The van der Waals surface area contributed by atoms with Gasteiger partial charge in [0.15, 0.2) is 0 Å². The van der Waals surface area contributed by atoms with Crippen LogP contribution in [0.3, 0.4) is 0 Å². The smallest absolute Gasteiger partial charge is 0.122 e. The highest BCUT2D eigenvalue weighted by atomic mass is 16.5. The Bertz CT molecular complexity index is 415. The number of nitrogens with zero attached hydrogens (tertiary/aromatic N) is 1. The van der Waals surface area contributed by atoms with Gasteiger partial charge in [-0.2, -0.15) is 0 Å². The zero-order valence-corrected chi connectivity index (χ0v) is 11.8. The molecule has 104 valence electrons. The minimum atomic E-state index is 0.540. The van der Waals surface area contributed by atoms with Crippen LogP contribution in [0, 0.1) is 5.92 Å². The summed E-state index contributed by atoms with van der Waals surface area (Å²) in [4.78, 5) is 2.48. The molecule has 1 saturated heterocycles. The van der Waals surface area contributed by atoms with Gasteiger partial charge in [-0.1, -0.05) is 18.2 Å². The van der Waals surface area contributed by atoms with Gasteiger partial charge in [0.2, 0.25) is 0 Å². The van der Waals surface area contributed by atoms with Crippen LogP contribution in [0.2, 0.25) is 0 Å². The minimum absolute atomic E-state index is 0.540. The Balaban J connectivity index is 1.54. The summed E-state index contributed by atoms with van der Waals surface area (Å²) in [6, 6.07) is 8.47. The molecule has 0 bridgehead atoms. The number of rotatable bonds is 4. The average Bonchev–Trinajstić information content (AvgIpc) is 2.83. The monoisotopic (exact) mass is 260 g/mol. The molecule has 0 aromatic heterocycles. The molecule has 1 fully saturated rings. The number of ether oxygens (including phenoxy) is 1. The van der Waals surface area contributed by atoms with E-state index in [1.165, 1.54) is 38.0 Å². The molecule has 0 spiro atoms. The van der Waals surface area contributed by atoms with Crippen molar-refractivity contribution in [1.82, 2.24) is 10.2 Å². The van der Waals surface area contributed by atoms with E-state index in [2.05, 4.69) is 41.5 Å². The lowest BCUT2D eigenvalue weighted by atomic mass is 9.97. The highest BCUT2D eigenvalue weighted by molar-refractivity contribution is 5.39. The lowest BCUT2D eigenvalue weighted by molar-refractivity contribution is 0.219. The molecule has 3 rings (SSSR count). The van der Waals surface area contributed by atoms with Crippen molar-refractivity contribution in [2.45, 2.75) is 18.8 Å². The number of hydrogen-bond donors (Lipinski definition) is 1. The first-order valence-corrected chi connectivity index (χ1v) is 7.44. The molecule has 2 aliphatic rings. The van der Waals surface area contributed by atoms with Crippen LogP contribution in [0.15, 0.2) is 24.3 Å². The van der Waals surface area contributed by atoms with Crippen molar-refractivity contribution in [1.29, 1.82) is 0 Å². The molecule has 2 atom stereocenters. The van der Waals surface area contributed by atoms with Crippen LogP contribution in [0.25, 0.3) is 0 Å². The first kappa shape index (κ1) is 12.9. The molecule has 0 amide bonds. The lowest BCUT2D eigenvalue weighted by Gasteiger charge is -2.28. The molecular weight excluding hydrogens is 236 g/mol. The highest BCUT2D eigenvalue weighted by Crippen LogP contribution is 2.33. The van der Waals surface area contributed by atoms with Gasteiger partial charge in [-0.3, -0.25) is 0 Å². The third-order valence-corrected chi connectivity index (χ3v) is 4.30. The second-order valence-electron chi connectivity index (χ2n) is 5.98. The molecule has 3 heteroatoms. The number of nitrogens with one attached hydrogen (secondary N) is 1. The van der Waals surface area contributed by atoms with E-state index in [4.69, 9.17) is 4.74 Å². The van der Waals surface area contributed by atoms with Crippen molar-refractivity contribution >= 4 is 0 Å². The fourth-order valence-electron chi connectivity index (χ4n) is 3.35. The van der Waals surface area contributed by atoms with Crippen molar-refractivity contribution in [3.63, 3.8) is 0 Å². The summed E-state index contributed by atoms with van der Waals surface area (Å²) in [5, 5.41) is 3.50. The van der Waals surface area contributed by atoms with Crippen LogP contribution in [0.4, 0.5) is 0 Å². The standard InChI is InChI=1S/C16H24N2O/c1-18(10-13-5-4-8-17-9-13)11-14-12-19-16-7-3-2-6-15(14)16/h2-3,6-7,13-14,17H,4-5,8-12H2,1H3. The van der Waals surface area contributed by atoms with E-state index < -0.39 is 0 Å². The van der Waals surface area contributed by atoms with Gasteiger partial charge in [-0.25, -0.2) is 0 Å². The van der Waals surface area contributed by atoms with Crippen molar-refractivity contribution in [2.75, 3.05) is 39.8 Å². The van der Waals surface area contributed by atoms with Gasteiger partial charge in [0.05, 0.1) is 6.61 Å². The zero-order valence-electron chi connectivity index (χ0n) is 11.8. The lowest BCUT2D eigenvalue weighted by Crippen LogP contribution is -2.38. The summed E-state index contributed by atoms with van der Waals surface area (Å²) >= 11 is 0. The zero-order chi connectivity index (χ0) is 13.1. The average molecular weight is 260 g/mol. The molecule has 1 aromatic carbocycles. The van der Waals surface area contributed by atoms with Crippen LogP contribution in [-0.2, 0) is 0 Å². The van der Waals surface area contributed by atoms with Gasteiger partial charge in [0.25, 0.3) is 0 Å². The molecule has 2 aliphatic heterocycles. The Hall–Kier alpha value is -1.06. The molecule has 0 aliphatic carbocycles. The van der Waals surface area contributed by atoms with E-state index in [0.29, 0.717) is 5.92 Å².